The largest absolute Gasteiger partial charge is 0.493 e. The number of hydrogen-bond donors (Lipinski definition) is 0. The van der Waals surface area contributed by atoms with Crippen molar-refractivity contribution in [1.29, 1.82) is 0 Å². The molecule has 102 valence electrons. The van der Waals surface area contributed by atoms with Crippen LogP contribution in [0.15, 0.2) is 22.4 Å². The van der Waals surface area contributed by atoms with Gasteiger partial charge in [-0.05, 0) is 24.4 Å². The lowest BCUT2D eigenvalue weighted by Gasteiger charge is -2.20. The van der Waals surface area contributed by atoms with Gasteiger partial charge in [-0.25, -0.2) is 0 Å². The van der Waals surface area contributed by atoms with Crippen LogP contribution < -0.4 is 14.2 Å². The van der Waals surface area contributed by atoms with E-state index >= 15 is 0 Å². The fourth-order valence-corrected chi connectivity index (χ4v) is 2.04. The molecule has 1 unspecified atom stereocenters. The molecule has 1 aromatic carbocycles. The van der Waals surface area contributed by atoms with Crippen molar-refractivity contribution in [3.05, 3.63) is 17.7 Å². The second-order valence-electron chi connectivity index (χ2n) is 3.94. The lowest BCUT2D eigenvalue weighted by Crippen LogP contribution is -2.22. The van der Waals surface area contributed by atoms with Crippen molar-refractivity contribution in [1.82, 2.24) is 4.90 Å². The lowest BCUT2D eigenvalue weighted by molar-refractivity contribution is 0.321. The van der Waals surface area contributed by atoms with E-state index in [4.69, 9.17) is 26.4 Å². The summed E-state index contributed by atoms with van der Waals surface area (Å²) in [4.78, 5) is 1.80. The lowest BCUT2D eigenvalue weighted by atomic mass is 10.1. The van der Waals surface area contributed by atoms with Crippen LogP contribution in [0.2, 0.25) is 0 Å². The monoisotopic (exact) mass is 281 g/mol. The predicted octanol–water partition coefficient (Wildman–Crippen LogP) is 2.39. The molecule has 0 N–H and O–H groups in total. The Morgan fingerprint density at radius 2 is 1.68 bits per heavy atom. The minimum atomic E-state index is -0.263. The maximum Gasteiger partial charge on any atom is 0.217 e. The summed E-state index contributed by atoms with van der Waals surface area (Å²) in [6, 6.07) is 3.69. The van der Waals surface area contributed by atoms with Crippen molar-refractivity contribution in [2.24, 2.45) is 10.2 Å². The van der Waals surface area contributed by atoms with E-state index in [1.807, 2.05) is 19.2 Å². The number of nitrogens with zero attached hydrogens (tertiary/aromatic N) is 3. The van der Waals surface area contributed by atoms with E-state index in [1.54, 1.807) is 26.2 Å². The summed E-state index contributed by atoms with van der Waals surface area (Å²) in [5, 5.41) is 8.49. The van der Waals surface area contributed by atoms with E-state index in [0.29, 0.717) is 22.4 Å². The Morgan fingerprint density at radius 3 is 2.05 bits per heavy atom. The third-order valence-electron chi connectivity index (χ3n) is 2.91. The summed E-state index contributed by atoms with van der Waals surface area (Å²) < 4.78 is 15.9. The third-order valence-corrected chi connectivity index (χ3v) is 3.28. The van der Waals surface area contributed by atoms with Crippen molar-refractivity contribution >= 4 is 17.3 Å². The summed E-state index contributed by atoms with van der Waals surface area (Å²) in [5.74, 6) is 1.71. The number of methoxy groups -OCH3 is 3. The van der Waals surface area contributed by atoms with Crippen LogP contribution >= 0.6 is 12.2 Å². The highest BCUT2D eigenvalue weighted by Gasteiger charge is 2.27. The third kappa shape index (κ3) is 2.33. The van der Waals surface area contributed by atoms with Crippen molar-refractivity contribution in [3.8, 4) is 17.2 Å². The van der Waals surface area contributed by atoms with Crippen LogP contribution in [0.1, 0.15) is 11.7 Å². The highest BCUT2D eigenvalue weighted by molar-refractivity contribution is 7.80. The van der Waals surface area contributed by atoms with Gasteiger partial charge in [-0.3, -0.25) is 0 Å². The van der Waals surface area contributed by atoms with E-state index in [2.05, 4.69) is 10.2 Å². The number of rotatable bonds is 4. The molecule has 0 fully saturated rings. The van der Waals surface area contributed by atoms with Crippen LogP contribution in [0.25, 0.3) is 0 Å². The molecule has 0 saturated heterocycles. The maximum absolute atomic E-state index is 5.31. The molecule has 1 heterocycles. The van der Waals surface area contributed by atoms with Gasteiger partial charge in [-0.2, -0.15) is 5.11 Å². The first kappa shape index (κ1) is 13.5. The van der Waals surface area contributed by atoms with Crippen molar-refractivity contribution in [3.63, 3.8) is 0 Å². The molecule has 1 aromatic rings. The van der Waals surface area contributed by atoms with E-state index in [0.717, 1.165) is 5.56 Å². The molecule has 2 rings (SSSR count). The molecule has 0 amide bonds. The zero-order chi connectivity index (χ0) is 14.0. The zero-order valence-electron chi connectivity index (χ0n) is 11.2. The maximum atomic E-state index is 5.31. The van der Waals surface area contributed by atoms with Gasteiger partial charge in [-0.1, -0.05) is 0 Å². The molecule has 0 radical (unpaired) electrons. The Bertz CT molecular complexity index is 508. The first-order chi connectivity index (χ1) is 9.12. The molecule has 7 heteroatoms. The average molecular weight is 281 g/mol. The fraction of sp³-hybridized carbons (Fsp3) is 0.417. The second-order valence-corrected chi connectivity index (χ2v) is 4.31. The molecule has 0 bridgehead atoms. The van der Waals surface area contributed by atoms with Crippen LogP contribution in [0.4, 0.5) is 0 Å². The average Bonchev–Trinajstić information content (AvgIpc) is 2.77. The first-order valence-electron chi connectivity index (χ1n) is 5.60. The molecule has 19 heavy (non-hydrogen) atoms. The zero-order valence-corrected chi connectivity index (χ0v) is 12.0. The van der Waals surface area contributed by atoms with Gasteiger partial charge in [0.15, 0.2) is 17.7 Å². The van der Waals surface area contributed by atoms with Crippen LogP contribution in [0.5, 0.6) is 17.2 Å². The SMILES string of the molecule is COc1cc(C2N=NC(=S)N2C)cc(OC)c1OC. The quantitative estimate of drug-likeness (QED) is 0.793. The highest BCUT2D eigenvalue weighted by atomic mass is 32.1. The predicted molar refractivity (Wildman–Crippen MR) is 74.1 cm³/mol. The standard InChI is InChI=1S/C12H15N3O3S/c1-15-11(13-14-12(15)19)7-5-8(16-2)10(18-4)9(6-7)17-3/h5-6,11H,1-4H3. The summed E-state index contributed by atoms with van der Waals surface area (Å²) in [6.07, 6.45) is -0.263. The van der Waals surface area contributed by atoms with Gasteiger partial charge >= 0.3 is 0 Å². The van der Waals surface area contributed by atoms with Gasteiger partial charge in [-0.15, -0.1) is 5.11 Å². The molecule has 1 atom stereocenters. The number of hydrogen-bond acceptors (Lipinski definition) is 5. The summed E-state index contributed by atoms with van der Waals surface area (Å²) in [5.41, 5.74) is 0.876. The Hall–Kier alpha value is -1.89. The van der Waals surface area contributed by atoms with Gasteiger partial charge in [0.05, 0.1) is 21.3 Å². The smallest absolute Gasteiger partial charge is 0.217 e. The van der Waals surface area contributed by atoms with Gasteiger partial charge < -0.3 is 19.1 Å². The van der Waals surface area contributed by atoms with Gasteiger partial charge in [0.25, 0.3) is 0 Å². The van der Waals surface area contributed by atoms with Crippen LogP contribution in [0.3, 0.4) is 0 Å². The van der Waals surface area contributed by atoms with Crippen molar-refractivity contribution < 1.29 is 14.2 Å². The van der Waals surface area contributed by atoms with Gasteiger partial charge in [0, 0.05) is 12.6 Å². The topological polar surface area (TPSA) is 55.7 Å². The van der Waals surface area contributed by atoms with Gasteiger partial charge in [0.1, 0.15) is 0 Å². The summed E-state index contributed by atoms with van der Waals surface area (Å²) >= 11 is 5.07. The molecule has 1 aliphatic rings. The fourth-order valence-electron chi connectivity index (χ4n) is 1.90. The Kier molecular flexibility index (Phi) is 3.84. The minimum absolute atomic E-state index is 0.263. The Labute approximate surface area is 117 Å². The summed E-state index contributed by atoms with van der Waals surface area (Å²) in [6.45, 7) is 0. The summed E-state index contributed by atoms with van der Waals surface area (Å²) in [7, 11) is 6.56. The molecule has 0 aliphatic carbocycles. The minimum Gasteiger partial charge on any atom is -0.493 e. The molecular formula is C12H15N3O3S. The highest BCUT2D eigenvalue weighted by Crippen LogP contribution is 2.41. The van der Waals surface area contributed by atoms with Crippen LogP contribution in [-0.2, 0) is 0 Å². The molecule has 6 nitrogen and oxygen atoms in total. The second kappa shape index (κ2) is 5.40. The number of azo groups is 1. The number of benzene rings is 1. The van der Waals surface area contributed by atoms with E-state index in [-0.39, 0.29) is 6.17 Å². The Morgan fingerprint density at radius 1 is 1.11 bits per heavy atom. The number of ether oxygens (including phenoxy) is 3. The van der Waals surface area contributed by atoms with Crippen LogP contribution in [0, 0.1) is 0 Å². The van der Waals surface area contributed by atoms with E-state index in [1.165, 1.54) is 0 Å². The molecule has 0 saturated carbocycles. The molecule has 0 spiro atoms. The van der Waals surface area contributed by atoms with E-state index in [9.17, 15) is 0 Å². The van der Waals surface area contributed by atoms with Crippen molar-refractivity contribution in [2.45, 2.75) is 6.17 Å². The molecule has 0 aromatic heterocycles. The van der Waals surface area contributed by atoms with Crippen LogP contribution in [-0.4, -0.2) is 38.4 Å². The van der Waals surface area contributed by atoms with Gasteiger partial charge in [0.2, 0.25) is 10.9 Å². The van der Waals surface area contributed by atoms with Crippen molar-refractivity contribution in [2.75, 3.05) is 28.4 Å². The molecular weight excluding hydrogens is 266 g/mol. The first-order valence-corrected chi connectivity index (χ1v) is 6.00. The molecule has 1 aliphatic heterocycles. The van der Waals surface area contributed by atoms with E-state index < -0.39 is 0 Å². The number of thiocarbonyl (C=S) groups is 1. The normalized spacial score (nSPS) is 17.8. The Balaban J connectivity index is 2.48.